The molecule has 126 valence electrons. The van der Waals surface area contributed by atoms with Gasteiger partial charge >= 0.3 is 0 Å². The highest BCUT2D eigenvalue weighted by atomic mass is 16.1. The van der Waals surface area contributed by atoms with Crippen LogP contribution in [0.5, 0.6) is 0 Å². The number of benzene rings is 1. The Labute approximate surface area is 139 Å². The summed E-state index contributed by atoms with van der Waals surface area (Å²) < 4.78 is 0. The van der Waals surface area contributed by atoms with Crippen LogP contribution in [0.4, 0.5) is 5.69 Å². The van der Waals surface area contributed by atoms with Crippen LogP contribution in [0.2, 0.25) is 0 Å². The molecular formula is C18H28N4O. The number of carbonyl (C=O) groups excluding carboxylic acids is 1. The molecule has 2 aliphatic rings. The van der Waals surface area contributed by atoms with Crippen LogP contribution in [0.25, 0.3) is 0 Å². The Morgan fingerprint density at radius 1 is 1.04 bits per heavy atom. The lowest BCUT2D eigenvalue weighted by Gasteiger charge is -2.33. The van der Waals surface area contributed by atoms with Crippen LogP contribution in [0.3, 0.4) is 0 Å². The standard InChI is InChI=1S/C18H28N4O/c1-20-9-11-21(12-10-20)14-15-5-6-17(16(13-15)18(19)23)22-7-3-2-4-8-22/h5-6,13H,2-4,7-12,14H2,1H3,(H2,19,23). The fourth-order valence-corrected chi connectivity index (χ4v) is 3.55. The molecule has 0 unspecified atom stereocenters. The second kappa shape index (κ2) is 7.32. The van der Waals surface area contributed by atoms with E-state index in [1.165, 1.54) is 24.8 Å². The zero-order valence-corrected chi connectivity index (χ0v) is 14.1. The van der Waals surface area contributed by atoms with Gasteiger partial charge in [-0.2, -0.15) is 0 Å². The Morgan fingerprint density at radius 3 is 2.39 bits per heavy atom. The summed E-state index contributed by atoms with van der Waals surface area (Å²) in [5.74, 6) is -0.314. The van der Waals surface area contributed by atoms with Gasteiger partial charge in [-0.25, -0.2) is 0 Å². The summed E-state index contributed by atoms with van der Waals surface area (Å²) in [5.41, 5.74) is 8.53. The van der Waals surface area contributed by atoms with E-state index in [1.54, 1.807) is 0 Å². The van der Waals surface area contributed by atoms with Gasteiger partial charge in [0.2, 0.25) is 0 Å². The van der Waals surface area contributed by atoms with Crippen molar-refractivity contribution in [1.29, 1.82) is 0 Å². The topological polar surface area (TPSA) is 52.8 Å². The number of piperazine rings is 1. The normalized spacial score (nSPS) is 20.7. The molecule has 0 atom stereocenters. The number of hydrogen-bond acceptors (Lipinski definition) is 4. The Hall–Kier alpha value is -1.59. The van der Waals surface area contributed by atoms with Gasteiger partial charge in [-0.15, -0.1) is 0 Å². The summed E-state index contributed by atoms with van der Waals surface area (Å²) in [5, 5.41) is 0. The van der Waals surface area contributed by atoms with Crippen LogP contribution < -0.4 is 10.6 Å². The van der Waals surface area contributed by atoms with Crippen molar-refractivity contribution in [3.63, 3.8) is 0 Å². The first-order valence-corrected chi connectivity index (χ1v) is 8.72. The zero-order valence-electron chi connectivity index (χ0n) is 14.1. The molecule has 0 aromatic heterocycles. The molecule has 1 aromatic rings. The number of rotatable bonds is 4. The molecule has 2 saturated heterocycles. The number of likely N-dealkylation sites (N-methyl/N-ethyl adjacent to an activating group) is 1. The summed E-state index contributed by atoms with van der Waals surface area (Å²) in [6.07, 6.45) is 3.67. The number of carbonyl (C=O) groups is 1. The van der Waals surface area contributed by atoms with Crippen LogP contribution in [0.15, 0.2) is 18.2 Å². The third-order valence-corrected chi connectivity index (χ3v) is 5.03. The number of nitrogens with zero attached hydrogens (tertiary/aromatic N) is 3. The fourth-order valence-electron chi connectivity index (χ4n) is 3.55. The third kappa shape index (κ3) is 4.03. The van der Waals surface area contributed by atoms with Crippen molar-refractivity contribution >= 4 is 11.6 Å². The zero-order chi connectivity index (χ0) is 16.2. The van der Waals surface area contributed by atoms with E-state index in [4.69, 9.17) is 5.73 Å². The highest BCUT2D eigenvalue weighted by Crippen LogP contribution is 2.25. The highest BCUT2D eigenvalue weighted by molar-refractivity contribution is 5.99. The lowest BCUT2D eigenvalue weighted by Crippen LogP contribution is -2.43. The Kier molecular flexibility index (Phi) is 5.18. The number of piperidine rings is 1. The van der Waals surface area contributed by atoms with Crippen molar-refractivity contribution in [3.05, 3.63) is 29.3 Å². The van der Waals surface area contributed by atoms with Gasteiger partial charge in [0.05, 0.1) is 5.56 Å². The van der Waals surface area contributed by atoms with E-state index < -0.39 is 0 Å². The number of nitrogens with two attached hydrogens (primary N) is 1. The van der Waals surface area contributed by atoms with Gasteiger partial charge in [0.25, 0.3) is 5.91 Å². The Bertz CT molecular complexity index is 546. The molecule has 5 nitrogen and oxygen atoms in total. The van der Waals surface area contributed by atoms with Crippen molar-refractivity contribution in [2.75, 3.05) is 51.2 Å². The number of amides is 1. The number of hydrogen-bond donors (Lipinski definition) is 1. The molecule has 0 spiro atoms. The van der Waals surface area contributed by atoms with Crippen molar-refractivity contribution < 1.29 is 4.79 Å². The van der Waals surface area contributed by atoms with E-state index in [9.17, 15) is 4.79 Å². The van der Waals surface area contributed by atoms with Gasteiger partial charge in [-0.1, -0.05) is 6.07 Å². The average molecular weight is 316 g/mol. The van der Waals surface area contributed by atoms with Gasteiger partial charge in [0, 0.05) is 51.5 Å². The molecule has 0 bridgehead atoms. The highest BCUT2D eigenvalue weighted by Gasteiger charge is 2.19. The van der Waals surface area contributed by atoms with Crippen molar-refractivity contribution in [3.8, 4) is 0 Å². The van der Waals surface area contributed by atoms with Crippen LogP contribution >= 0.6 is 0 Å². The van der Waals surface area contributed by atoms with Crippen LogP contribution in [0, 0.1) is 0 Å². The summed E-state index contributed by atoms with van der Waals surface area (Å²) in [4.78, 5) is 19.0. The smallest absolute Gasteiger partial charge is 0.250 e. The van der Waals surface area contributed by atoms with E-state index >= 15 is 0 Å². The summed E-state index contributed by atoms with van der Waals surface area (Å²) >= 11 is 0. The predicted molar refractivity (Wildman–Crippen MR) is 93.8 cm³/mol. The molecule has 23 heavy (non-hydrogen) atoms. The molecule has 0 saturated carbocycles. The van der Waals surface area contributed by atoms with Crippen LogP contribution in [0.1, 0.15) is 35.2 Å². The Balaban J connectivity index is 1.74. The number of anilines is 1. The minimum absolute atomic E-state index is 0.314. The maximum Gasteiger partial charge on any atom is 0.250 e. The van der Waals surface area contributed by atoms with Gasteiger partial charge in [0.1, 0.15) is 0 Å². The van der Waals surface area contributed by atoms with Gasteiger partial charge < -0.3 is 15.5 Å². The first kappa shape index (κ1) is 16.3. The molecule has 1 amide bonds. The van der Waals surface area contributed by atoms with Crippen molar-refractivity contribution in [2.24, 2.45) is 5.73 Å². The van der Waals surface area contributed by atoms with Gasteiger partial charge in [-0.05, 0) is 44.0 Å². The summed E-state index contributed by atoms with van der Waals surface area (Å²) in [6.45, 7) is 7.32. The average Bonchev–Trinajstić information content (AvgIpc) is 2.57. The summed E-state index contributed by atoms with van der Waals surface area (Å²) in [7, 11) is 2.16. The summed E-state index contributed by atoms with van der Waals surface area (Å²) in [6, 6.07) is 6.26. The van der Waals surface area contributed by atoms with Crippen molar-refractivity contribution in [1.82, 2.24) is 9.80 Å². The second-order valence-corrected chi connectivity index (χ2v) is 6.84. The van der Waals surface area contributed by atoms with E-state index in [0.717, 1.165) is 51.5 Å². The fraction of sp³-hybridized carbons (Fsp3) is 0.611. The van der Waals surface area contributed by atoms with Crippen LogP contribution in [-0.4, -0.2) is 62.0 Å². The van der Waals surface area contributed by atoms with Crippen molar-refractivity contribution in [2.45, 2.75) is 25.8 Å². The maximum absolute atomic E-state index is 11.9. The molecular weight excluding hydrogens is 288 g/mol. The SMILES string of the molecule is CN1CCN(Cc2ccc(N3CCCCC3)c(C(N)=O)c2)CC1. The molecule has 0 aliphatic carbocycles. The molecule has 0 radical (unpaired) electrons. The largest absolute Gasteiger partial charge is 0.371 e. The molecule has 2 fully saturated rings. The van der Waals surface area contributed by atoms with E-state index in [2.05, 4.69) is 33.9 Å². The first-order valence-electron chi connectivity index (χ1n) is 8.72. The van der Waals surface area contributed by atoms with Crippen LogP contribution in [-0.2, 0) is 6.54 Å². The maximum atomic E-state index is 11.9. The van der Waals surface area contributed by atoms with Gasteiger partial charge in [-0.3, -0.25) is 9.69 Å². The molecule has 2 N–H and O–H groups in total. The first-order chi connectivity index (χ1) is 11.1. The molecule has 2 heterocycles. The molecule has 5 heteroatoms. The lowest BCUT2D eigenvalue weighted by molar-refractivity contribution is 0.100. The lowest BCUT2D eigenvalue weighted by atomic mass is 10.0. The minimum atomic E-state index is -0.314. The molecule has 3 rings (SSSR count). The molecule has 2 aliphatic heterocycles. The second-order valence-electron chi connectivity index (χ2n) is 6.84. The minimum Gasteiger partial charge on any atom is -0.371 e. The predicted octanol–water partition coefficient (Wildman–Crippen LogP) is 1.52. The molecule has 1 aromatic carbocycles. The number of primary amides is 1. The van der Waals surface area contributed by atoms with E-state index in [-0.39, 0.29) is 5.91 Å². The van der Waals surface area contributed by atoms with E-state index in [0.29, 0.717) is 5.56 Å². The van der Waals surface area contributed by atoms with E-state index in [1.807, 2.05) is 6.07 Å². The quantitative estimate of drug-likeness (QED) is 0.915. The van der Waals surface area contributed by atoms with Gasteiger partial charge in [0.15, 0.2) is 0 Å². The Morgan fingerprint density at radius 2 is 1.74 bits per heavy atom. The third-order valence-electron chi connectivity index (χ3n) is 5.03. The monoisotopic (exact) mass is 316 g/mol.